The first-order chi connectivity index (χ1) is 4.75. The van der Waals surface area contributed by atoms with Crippen molar-refractivity contribution in [2.75, 3.05) is 13.2 Å². The highest BCUT2D eigenvalue weighted by molar-refractivity contribution is 4.83. The Labute approximate surface area is 59.6 Å². The first kappa shape index (κ1) is 7.94. The van der Waals surface area contributed by atoms with E-state index >= 15 is 0 Å². The molecule has 0 aromatic rings. The summed E-state index contributed by atoms with van der Waals surface area (Å²) in [5, 5.41) is 17.8. The maximum Gasteiger partial charge on any atom is 0.101 e. The average Bonchev–Trinajstić information content (AvgIpc) is 2.34. The molecule has 3 atom stereocenters. The lowest BCUT2D eigenvalue weighted by molar-refractivity contribution is 0.0117. The van der Waals surface area contributed by atoms with Crippen LogP contribution in [-0.2, 0) is 4.74 Å². The van der Waals surface area contributed by atoms with Gasteiger partial charge in [-0.25, -0.2) is 0 Å². The monoisotopic (exact) mass is 147 g/mol. The molecule has 0 aliphatic carbocycles. The first-order valence-corrected chi connectivity index (χ1v) is 3.42. The van der Waals surface area contributed by atoms with E-state index in [0.29, 0.717) is 13.0 Å². The number of ether oxygens (including phenoxy) is 1. The number of hydrogen-bond acceptors (Lipinski definition) is 4. The predicted molar refractivity (Wildman–Crippen MR) is 35.4 cm³/mol. The third-order valence-corrected chi connectivity index (χ3v) is 1.74. The van der Waals surface area contributed by atoms with Gasteiger partial charge in [-0.1, -0.05) is 0 Å². The predicted octanol–water partition coefficient (Wildman–Crippen LogP) is -1.54. The minimum absolute atomic E-state index is 0.137. The first-order valence-electron chi connectivity index (χ1n) is 3.42. The van der Waals surface area contributed by atoms with E-state index in [1.54, 1.807) is 0 Å². The third-order valence-electron chi connectivity index (χ3n) is 1.74. The van der Waals surface area contributed by atoms with Crippen LogP contribution in [0.15, 0.2) is 0 Å². The number of nitrogens with two attached hydrogens (primary N) is 1. The van der Waals surface area contributed by atoms with Crippen molar-refractivity contribution in [1.29, 1.82) is 0 Å². The summed E-state index contributed by atoms with van der Waals surface area (Å²) in [6.07, 6.45) is -0.245. The largest absolute Gasteiger partial charge is 0.395 e. The zero-order valence-electron chi connectivity index (χ0n) is 5.73. The Kier molecular flexibility index (Phi) is 2.62. The smallest absolute Gasteiger partial charge is 0.101 e. The number of rotatable bonds is 2. The van der Waals surface area contributed by atoms with Gasteiger partial charge in [0.2, 0.25) is 0 Å². The van der Waals surface area contributed by atoms with Crippen molar-refractivity contribution in [3.63, 3.8) is 0 Å². The molecule has 4 nitrogen and oxygen atoms in total. The molecule has 0 radical (unpaired) electrons. The zero-order chi connectivity index (χ0) is 7.56. The van der Waals surface area contributed by atoms with Crippen LogP contribution >= 0.6 is 0 Å². The minimum atomic E-state index is -0.498. The molecular weight excluding hydrogens is 134 g/mol. The maximum absolute atomic E-state index is 9.17. The molecule has 4 N–H and O–H groups in total. The van der Waals surface area contributed by atoms with Crippen LogP contribution in [0.2, 0.25) is 0 Å². The van der Waals surface area contributed by atoms with Gasteiger partial charge in [0.05, 0.1) is 18.8 Å². The summed E-state index contributed by atoms with van der Waals surface area (Å²) in [7, 11) is 0. The maximum atomic E-state index is 9.17. The van der Waals surface area contributed by atoms with E-state index in [4.69, 9.17) is 15.6 Å². The fourth-order valence-electron chi connectivity index (χ4n) is 1.11. The van der Waals surface area contributed by atoms with Crippen LogP contribution in [0, 0.1) is 0 Å². The van der Waals surface area contributed by atoms with Gasteiger partial charge in [-0.3, -0.25) is 0 Å². The highest BCUT2D eigenvalue weighted by Crippen LogP contribution is 2.14. The standard InChI is InChI=1S/C6H13NO3/c7-4(3-8)6-5(9)1-2-10-6/h4-6,8-9H,1-3,7H2. The highest BCUT2D eigenvalue weighted by Gasteiger charge is 2.30. The van der Waals surface area contributed by atoms with Crippen molar-refractivity contribution in [2.24, 2.45) is 5.73 Å². The molecule has 1 fully saturated rings. The van der Waals surface area contributed by atoms with Crippen molar-refractivity contribution >= 4 is 0 Å². The molecule has 60 valence electrons. The van der Waals surface area contributed by atoms with Crippen molar-refractivity contribution in [1.82, 2.24) is 0 Å². The molecule has 10 heavy (non-hydrogen) atoms. The second-order valence-electron chi connectivity index (χ2n) is 2.54. The number of aliphatic hydroxyl groups excluding tert-OH is 2. The second kappa shape index (κ2) is 3.30. The molecule has 1 aliphatic heterocycles. The number of hydrogen-bond donors (Lipinski definition) is 3. The van der Waals surface area contributed by atoms with Gasteiger partial charge in [0.1, 0.15) is 6.10 Å². The van der Waals surface area contributed by atoms with Crippen LogP contribution in [0.25, 0.3) is 0 Å². The van der Waals surface area contributed by atoms with Gasteiger partial charge < -0.3 is 20.7 Å². The molecule has 1 saturated heterocycles. The van der Waals surface area contributed by atoms with Gasteiger partial charge in [-0.05, 0) is 6.42 Å². The molecular formula is C6H13NO3. The lowest BCUT2D eigenvalue weighted by atomic mass is 10.1. The van der Waals surface area contributed by atoms with Crippen LogP contribution in [-0.4, -0.2) is 41.7 Å². The summed E-state index contributed by atoms with van der Waals surface area (Å²) in [6.45, 7) is 0.404. The molecule has 1 aliphatic rings. The SMILES string of the molecule is NC(CO)C1OCCC1O. The molecule has 0 amide bonds. The van der Waals surface area contributed by atoms with E-state index < -0.39 is 12.1 Å². The Morgan fingerprint density at radius 2 is 2.40 bits per heavy atom. The van der Waals surface area contributed by atoms with E-state index in [2.05, 4.69) is 0 Å². The van der Waals surface area contributed by atoms with Crippen LogP contribution in [0.5, 0.6) is 0 Å². The zero-order valence-corrected chi connectivity index (χ0v) is 5.73. The van der Waals surface area contributed by atoms with Gasteiger partial charge in [0, 0.05) is 6.61 Å². The Morgan fingerprint density at radius 3 is 2.80 bits per heavy atom. The Hall–Kier alpha value is -0.160. The molecule has 1 heterocycles. The van der Waals surface area contributed by atoms with E-state index in [0.717, 1.165) is 0 Å². The molecule has 4 heteroatoms. The molecule has 3 unspecified atom stereocenters. The lowest BCUT2D eigenvalue weighted by Crippen LogP contribution is -2.43. The van der Waals surface area contributed by atoms with Gasteiger partial charge >= 0.3 is 0 Å². The van der Waals surface area contributed by atoms with Gasteiger partial charge in [0.15, 0.2) is 0 Å². The van der Waals surface area contributed by atoms with Gasteiger partial charge in [-0.15, -0.1) is 0 Å². The van der Waals surface area contributed by atoms with E-state index in [9.17, 15) is 5.11 Å². The van der Waals surface area contributed by atoms with E-state index in [1.165, 1.54) is 0 Å². The Morgan fingerprint density at radius 1 is 1.70 bits per heavy atom. The fourth-order valence-corrected chi connectivity index (χ4v) is 1.11. The molecule has 0 saturated carbocycles. The normalized spacial score (nSPS) is 36.3. The van der Waals surface area contributed by atoms with Crippen molar-refractivity contribution in [2.45, 2.75) is 24.7 Å². The fraction of sp³-hybridized carbons (Fsp3) is 1.00. The molecule has 0 spiro atoms. The van der Waals surface area contributed by atoms with Crippen LogP contribution in [0.3, 0.4) is 0 Å². The van der Waals surface area contributed by atoms with E-state index in [1.807, 2.05) is 0 Å². The van der Waals surface area contributed by atoms with Crippen molar-refractivity contribution in [3.8, 4) is 0 Å². The summed E-state index contributed by atoms with van der Waals surface area (Å²) in [6, 6.07) is -0.447. The molecule has 1 rings (SSSR count). The summed E-state index contributed by atoms with van der Waals surface area (Å²) >= 11 is 0. The molecule has 0 bridgehead atoms. The Balaban J connectivity index is 2.38. The van der Waals surface area contributed by atoms with Crippen molar-refractivity contribution in [3.05, 3.63) is 0 Å². The second-order valence-corrected chi connectivity index (χ2v) is 2.54. The minimum Gasteiger partial charge on any atom is -0.395 e. The topological polar surface area (TPSA) is 75.7 Å². The number of aliphatic hydroxyl groups is 2. The third kappa shape index (κ3) is 1.46. The van der Waals surface area contributed by atoms with E-state index in [-0.39, 0.29) is 12.7 Å². The molecule has 0 aromatic heterocycles. The highest BCUT2D eigenvalue weighted by atomic mass is 16.5. The Bertz CT molecular complexity index is 109. The summed E-state index contributed by atoms with van der Waals surface area (Å²) < 4.78 is 5.08. The van der Waals surface area contributed by atoms with Gasteiger partial charge in [-0.2, -0.15) is 0 Å². The summed E-state index contributed by atoms with van der Waals surface area (Å²) in [5.74, 6) is 0. The summed E-state index contributed by atoms with van der Waals surface area (Å²) in [4.78, 5) is 0. The quantitative estimate of drug-likeness (QED) is 0.442. The summed E-state index contributed by atoms with van der Waals surface area (Å²) in [5.41, 5.74) is 5.43. The van der Waals surface area contributed by atoms with Gasteiger partial charge in [0.25, 0.3) is 0 Å². The van der Waals surface area contributed by atoms with Crippen molar-refractivity contribution < 1.29 is 14.9 Å². The lowest BCUT2D eigenvalue weighted by Gasteiger charge is -2.18. The van der Waals surface area contributed by atoms with Crippen LogP contribution in [0.4, 0.5) is 0 Å². The van der Waals surface area contributed by atoms with Crippen LogP contribution < -0.4 is 5.73 Å². The average molecular weight is 147 g/mol. The molecule has 0 aromatic carbocycles. The van der Waals surface area contributed by atoms with Crippen LogP contribution in [0.1, 0.15) is 6.42 Å².